The Labute approximate surface area is 182 Å². The highest BCUT2D eigenvalue weighted by Gasteiger charge is 2.34. The van der Waals surface area contributed by atoms with E-state index in [2.05, 4.69) is 5.10 Å². The predicted molar refractivity (Wildman–Crippen MR) is 116 cm³/mol. The quantitative estimate of drug-likeness (QED) is 0.649. The molecule has 0 bridgehead atoms. The van der Waals surface area contributed by atoms with Crippen molar-refractivity contribution in [3.63, 3.8) is 0 Å². The van der Waals surface area contributed by atoms with Crippen LogP contribution in [0.25, 0.3) is 0 Å². The minimum Gasteiger partial charge on any atom is -0.497 e. The molecule has 0 saturated carbocycles. The van der Waals surface area contributed by atoms with Gasteiger partial charge in [-0.2, -0.15) is 5.10 Å². The number of hydrazone groups is 1. The van der Waals surface area contributed by atoms with Crippen LogP contribution in [0.2, 0.25) is 0 Å². The Morgan fingerprint density at radius 2 is 1.58 bits per heavy atom. The molecule has 0 N–H and O–H groups in total. The maximum absolute atomic E-state index is 13.1. The lowest BCUT2D eigenvalue weighted by atomic mass is 9.98. The highest BCUT2D eigenvalue weighted by atomic mass is 16.5. The first-order valence-corrected chi connectivity index (χ1v) is 9.87. The van der Waals surface area contributed by atoms with Gasteiger partial charge in [-0.15, -0.1) is 0 Å². The van der Waals surface area contributed by atoms with E-state index in [4.69, 9.17) is 14.2 Å². The van der Waals surface area contributed by atoms with Crippen molar-refractivity contribution in [3.8, 4) is 11.5 Å². The van der Waals surface area contributed by atoms with Crippen molar-refractivity contribution >= 4 is 17.5 Å². The molecule has 3 rings (SSSR count). The second-order valence-corrected chi connectivity index (χ2v) is 7.19. The summed E-state index contributed by atoms with van der Waals surface area (Å²) in [4.78, 5) is 26.5. The fourth-order valence-corrected chi connectivity index (χ4v) is 3.38. The molecule has 0 aromatic heterocycles. The number of hydrogen-bond acceptors (Lipinski definition) is 6. The number of ether oxygens (including phenoxy) is 3. The summed E-state index contributed by atoms with van der Waals surface area (Å²) < 4.78 is 15.3. The van der Waals surface area contributed by atoms with E-state index in [1.54, 1.807) is 21.3 Å². The average molecular weight is 425 g/mol. The van der Waals surface area contributed by atoms with Crippen LogP contribution >= 0.6 is 0 Å². The molecule has 8 nitrogen and oxygen atoms in total. The first-order valence-electron chi connectivity index (χ1n) is 9.87. The molecule has 2 aromatic carbocycles. The minimum atomic E-state index is -0.276. The van der Waals surface area contributed by atoms with E-state index in [0.717, 1.165) is 28.3 Å². The fraction of sp³-hybridized carbons (Fsp3) is 0.348. The molecule has 164 valence electrons. The van der Waals surface area contributed by atoms with Gasteiger partial charge in [0.25, 0.3) is 5.91 Å². The lowest BCUT2D eigenvalue weighted by Gasteiger charge is -2.25. The van der Waals surface area contributed by atoms with Crippen LogP contribution in [0.5, 0.6) is 11.5 Å². The fourth-order valence-electron chi connectivity index (χ4n) is 3.38. The molecule has 0 spiro atoms. The molecule has 1 atom stereocenters. The molecular weight excluding hydrogens is 398 g/mol. The van der Waals surface area contributed by atoms with E-state index in [0.29, 0.717) is 6.42 Å². The van der Waals surface area contributed by atoms with Crippen LogP contribution in [0, 0.1) is 0 Å². The van der Waals surface area contributed by atoms with Crippen LogP contribution in [0.3, 0.4) is 0 Å². The van der Waals surface area contributed by atoms with Crippen LogP contribution in [0.15, 0.2) is 53.6 Å². The number of hydrogen-bond donors (Lipinski definition) is 0. The lowest BCUT2D eigenvalue weighted by molar-refractivity contribution is -0.142. The summed E-state index contributed by atoms with van der Waals surface area (Å²) in [7, 11) is 6.24. The Morgan fingerprint density at radius 1 is 1.00 bits per heavy atom. The molecule has 2 amide bonds. The van der Waals surface area contributed by atoms with Gasteiger partial charge in [0.1, 0.15) is 24.7 Å². The first-order chi connectivity index (χ1) is 15.0. The van der Waals surface area contributed by atoms with Gasteiger partial charge in [-0.1, -0.05) is 12.1 Å². The van der Waals surface area contributed by atoms with E-state index in [-0.39, 0.29) is 31.0 Å². The number of carbonyl (C=O) groups excluding carboxylic acids is 2. The summed E-state index contributed by atoms with van der Waals surface area (Å²) in [5, 5.41) is 6.10. The maximum Gasteiger partial charge on any atom is 0.262 e. The van der Waals surface area contributed by atoms with Gasteiger partial charge >= 0.3 is 0 Å². The van der Waals surface area contributed by atoms with Gasteiger partial charge in [-0.05, 0) is 47.5 Å². The zero-order valence-corrected chi connectivity index (χ0v) is 18.2. The van der Waals surface area contributed by atoms with Gasteiger partial charge in [0.05, 0.1) is 26.0 Å². The van der Waals surface area contributed by atoms with Gasteiger partial charge in [-0.3, -0.25) is 9.59 Å². The lowest BCUT2D eigenvalue weighted by Crippen LogP contribution is -2.40. The monoisotopic (exact) mass is 425 g/mol. The van der Waals surface area contributed by atoms with Crippen LogP contribution in [0.4, 0.5) is 0 Å². The van der Waals surface area contributed by atoms with E-state index in [9.17, 15) is 9.59 Å². The van der Waals surface area contributed by atoms with Crippen LogP contribution in [0.1, 0.15) is 23.6 Å². The maximum atomic E-state index is 13.1. The zero-order valence-electron chi connectivity index (χ0n) is 18.2. The van der Waals surface area contributed by atoms with Crippen molar-refractivity contribution in [2.24, 2.45) is 5.10 Å². The van der Waals surface area contributed by atoms with Crippen molar-refractivity contribution in [1.82, 2.24) is 9.91 Å². The molecule has 0 fully saturated rings. The second kappa shape index (κ2) is 10.1. The van der Waals surface area contributed by atoms with Crippen molar-refractivity contribution < 1.29 is 23.8 Å². The summed E-state index contributed by atoms with van der Waals surface area (Å²) in [5.74, 6) is 0.952. The Hall–Kier alpha value is -3.39. The van der Waals surface area contributed by atoms with Gasteiger partial charge in [0, 0.05) is 20.6 Å². The summed E-state index contributed by atoms with van der Waals surface area (Å²) in [6.07, 6.45) is 0.556. The summed E-state index contributed by atoms with van der Waals surface area (Å²) >= 11 is 0. The van der Waals surface area contributed by atoms with Crippen LogP contribution in [-0.2, 0) is 14.3 Å². The van der Waals surface area contributed by atoms with Crippen LogP contribution in [-0.4, -0.2) is 69.0 Å². The molecule has 2 aromatic rings. The molecule has 0 radical (unpaired) electrons. The van der Waals surface area contributed by atoms with E-state index < -0.39 is 0 Å². The number of likely N-dealkylation sites (N-methyl/N-ethyl adjacent to an activating group) is 1. The van der Waals surface area contributed by atoms with Crippen LogP contribution < -0.4 is 9.47 Å². The number of methoxy groups -OCH3 is 3. The summed E-state index contributed by atoms with van der Waals surface area (Å²) in [6.45, 7) is -0.166. The number of rotatable bonds is 8. The normalized spacial score (nSPS) is 15.4. The third kappa shape index (κ3) is 5.21. The molecule has 31 heavy (non-hydrogen) atoms. The standard InChI is InChI=1S/C23H27N3O5/c1-25(23(28)15-29-2)14-22(27)26-21(17-7-11-19(31-4)12-8-17)13-20(24-26)16-5-9-18(30-3)10-6-16/h5-12,21H,13-15H2,1-4H3. The Balaban J connectivity index is 1.87. The van der Waals surface area contributed by atoms with E-state index in [1.165, 1.54) is 17.0 Å². The molecule has 1 aliphatic heterocycles. The van der Waals surface area contributed by atoms with Crippen molar-refractivity contribution in [3.05, 3.63) is 59.7 Å². The number of benzene rings is 2. The molecule has 0 aliphatic carbocycles. The highest BCUT2D eigenvalue weighted by Crippen LogP contribution is 2.34. The largest absolute Gasteiger partial charge is 0.497 e. The summed E-state index contributed by atoms with van der Waals surface area (Å²) in [5.41, 5.74) is 2.65. The average Bonchev–Trinajstić information content (AvgIpc) is 3.25. The third-order valence-corrected chi connectivity index (χ3v) is 5.16. The Bertz CT molecular complexity index is 941. The predicted octanol–water partition coefficient (Wildman–Crippen LogP) is 2.49. The molecule has 8 heteroatoms. The van der Waals surface area contributed by atoms with Gasteiger partial charge in [-0.25, -0.2) is 5.01 Å². The zero-order chi connectivity index (χ0) is 22.4. The Morgan fingerprint density at radius 3 is 2.13 bits per heavy atom. The van der Waals surface area contributed by atoms with Crippen molar-refractivity contribution in [1.29, 1.82) is 0 Å². The second-order valence-electron chi connectivity index (χ2n) is 7.19. The topological polar surface area (TPSA) is 80.7 Å². The highest BCUT2D eigenvalue weighted by molar-refractivity contribution is 6.03. The van der Waals surface area contributed by atoms with E-state index in [1.807, 2.05) is 48.5 Å². The van der Waals surface area contributed by atoms with Gasteiger partial charge in [0.2, 0.25) is 5.91 Å². The molecule has 1 unspecified atom stereocenters. The van der Waals surface area contributed by atoms with Crippen molar-refractivity contribution in [2.45, 2.75) is 12.5 Å². The summed E-state index contributed by atoms with van der Waals surface area (Å²) in [6, 6.07) is 14.9. The smallest absolute Gasteiger partial charge is 0.262 e. The Kier molecular flexibility index (Phi) is 7.25. The SMILES string of the molecule is COCC(=O)N(C)CC(=O)N1N=C(c2ccc(OC)cc2)CC1c1ccc(OC)cc1. The third-order valence-electron chi connectivity index (χ3n) is 5.16. The molecule has 1 aliphatic rings. The van der Waals surface area contributed by atoms with Gasteiger partial charge in [0.15, 0.2) is 0 Å². The first kappa shape index (κ1) is 22.3. The molecular formula is C23H27N3O5. The minimum absolute atomic E-state index is 0.0773. The van der Waals surface area contributed by atoms with E-state index >= 15 is 0 Å². The molecule has 0 saturated heterocycles. The van der Waals surface area contributed by atoms with Crippen molar-refractivity contribution in [2.75, 3.05) is 41.5 Å². The number of amides is 2. The molecule has 1 heterocycles. The number of carbonyl (C=O) groups is 2. The van der Waals surface area contributed by atoms with Gasteiger partial charge < -0.3 is 19.1 Å². The number of nitrogens with zero attached hydrogens (tertiary/aromatic N) is 3.